The van der Waals surface area contributed by atoms with Crippen molar-refractivity contribution in [2.75, 3.05) is 7.11 Å². The lowest BCUT2D eigenvalue weighted by Gasteiger charge is -2.02. The van der Waals surface area contributed by atoms with Gasteiger partial charge in [0, 0.05) is 12.1 Å². The van der Waals surface area contributed by atoms with E-state index in [1.165, 1.54) is 17.4 Å². The van der Waals surface area contributed by atoms with Crippen LogP contribution in [0.4, 0.5) is 4.39 Å². The fourth-order valence-corrected chi connectivity index (χ4v) is 3.48. The summed E-state index contributed by atoms with van der Waals surface area (Å²) in [5.74, 6) is -0.0919. The Morgan fingerprint density at radius 1 is 1.30 bits per heavy atom. The second-order valence-corrected chi connectivity index (χ2v) is 5.87. The number of para-hydroxylation sites is 1. The Balaban J connectivity index is 2.13. The minimum Gasteiger partial charge on any atom is -0.497 e. The average Bonchev–Trinajstić information content (AvgIpc) is 2.93. The highest BCUT2D eigenvalue weighted by Gasteiger charge is 2.11. The van der Waals surface area contributed by atoms with Crippen molar-refractivity contribution in [3.8, 4) is 5.75 Å². The van der Waals surface area contributed by atoms with E-state index in [0.717, 1.165) is 4.70 Å². The van der Waals surface area contributed by atoms with Crippen LogP contribution in [0.3, 0.4) is 0 Å². The number of amides is 1. The number of fused-ring (bicyclic) bond motifs is 1. The number of rotatable bonds is 3. The number of methoxy groups -OCH3 is 1. The summed E-state index contributed by atoms with van der Waals surface area (Å²) in [5, 5.41) is 0. The van der Waals surface area contributed by atoms with Crippen LogP contribution in [-0.2, 0) is 6.54 Å². The van der Waals surface area contributed by atoms with Gasteiger partial charge in [-0.15, -0.1) is 0 Å². The molecule has 0 N–H and O–H groups in total. The zero-order valence-corrected chi connectivity index (χ0v) is 13.6. The molecule has 1 heterocycles. The molecule has 0 aliphatic heterocycles. The van der Waals surface area contributed by atoms with E-state index >= 15 is 0 Å². The summed E-state index contributed by atoms with van der Waals surface area (Å²) >= 11 is 1.30. The van der Waals surface area contributed by atoms with Gasteiger partial charge in [-0.05, 0) is 37.3 Å². The summed E-state index contributed by atoms with van der Waals surface area (Å²) in [6.45, 7) is 2.43. The lowest BCUT2D eigenvalue weighted by Crippen LogP contribution is -2.16. The summed E-state index contributed by atoms with van der Waals surface area (Å²) < 4.78 is 21.6. The number of hydrogen-bond acceptors (Lipinski definition) is 3. The third-order valence-corrected chi connectivity index (χ3v) is 4.53. The van der Waals surface area contributed by atoms with Crippen molar-refractivity contribution in [2.24, 2.45) is 4.99 Å². The molecule has 2 aromatic carbocycles. The third-order valence-electron chi connectivity index (χ3n) is 3.48. The minimum absolute atomic E-state index is 0.309. The number of halogens is 1. The maximum Gasteiger partial charge on any atom is 0.279 e. The second kappa shape index (κ2) is 6.34. The molecule has 0 aliphatic carbocycles. The molecule has 0 aliphatic rings. The lowest BCUT2D eigenvalue weighted by molar-refractivity contribution is 0.0997. The fourth-order valence-electron chi connectivity index (χ4n) is 2.37. The highest BCUT2D eigenvalue weighted by Crippen LogP contribution is 2.20. The number of thiazole rings is 1. The molecule has 0 radical (unpaired) electrons. The SMILES string of the molecule is CCn1c(=NC(=O)c2cccc(OC)c2)sc2cccc(F)c21. The van der Waals surface area contributed by atoms with Crippen LogP contribution in [0.5, 0.6) is 5.75 Å². The van der Waals surface area contributed by atoms with E-state index in [9.17, 15) is 9.18 Å². The van der Waals surface area contributed by atoms with E-state index in [4.69, 9.17) is 4.74 Å². The molecule has 0 fully saturated rings. The first-order valence-corrected chi connectivity index (χ1v) is 7.96. The number of carbonyl (C=O) groups excluding carboxylic acids is 1. The molecule has 1 amide bonds. The van der Waals surface area contributed by atoms with E-state index in [0.29, 0.717) is 28.2 Å². The van der Waals surface area contributed by atoms with Gasteiger partial charge in [0.15, 0.2) is 4.80 Å². The van der Waals surface area contributed by atoms with Crippen LogP contribution in [0.1, 0.15) is 17.3 Å². The molecule has 0 spiro atoms. The Morgan fingerprint density at radius 2 is 2.09 bits per heavy atom. The number of benzene rings is 2. The zero-order valence-electron chi connectivity index (χ0n) is 12.7. The summed E-state index contributed by atoms with van der Waals surface area (Å²) in [6.07, 6.45) is 0. The molecule has 3 aromatic rings. The Hall–Kier alpha value is -2.47. The normalized spacial score (nSPS) is 11.9. The van der Waals surface area contributed by atoms with Crippen LogP contribution < -0.4 is 9.54 Å². The van der Waals surface area contributed by atoms with Gasteiger partial charge >= 0.3 is 0 Å². The van der Waals surface area contributed by atoms with E-state index < -0.39 is 0 Å². The summed E-state index contributed by atoms with van der Waals surface area (Å²) in [7, 11) is 1.54. The molecule has 118 valence electrons. The molecule has 0 saturated heterocycles. The van der Waals surface area contributed by atoms with Crippen LogP contribution in [0.2, 0.25) is 0 Å². The first-order chi connectivity index (χ1) is 11.1. The van der Waals surface area contributed by atoms with Gasteiger partial charge in [0.1, 0.15) is 11.6 Å². The molecule has 6 heteroatoms. The molecule has 1 aromatic heterocycles. The van der Waals surface area contributed by atoms with Gasteiger partial charge in [-0.2, -0.15) is 4.99 Å². The molecule has 0 saturated carbocycles. The summed E-state index contributed by atoms with van der Waals surface area (Å²) in [4.78, 5) is 17.1. The van der Waals surface area contributed by atoms with Crippen molar-refractivity contribution in [3.05, 3.63) is 58.6 Å². The molecule has 23 heavy (non-hydrogen) atoms. The molecular formula is C17H15FN2O2S. The predicted molar refractivity (Wildman–Crippen MR) is 88.3 cm³/mol. The van der Waals surface area contributed by atoms with E-state index in [1.807, 2.05) is 13.0 Å². The number of ether oxygens (including phenoxy) is 1. The number of hydrogen-bond donors (Lipinski definition) is 0. The van der Waals surface area contributed by atoms with Gasteiger partial charge in [0.05, 0.1) is 17.3 Å². The highest BCUT2D eigenvalue weighted by atomic mass is 32.1. The van der Waals surface area contributed by atoms with Crippen molar-refractivity contribution in [1.82, 2.24) is 4.57 Å². The average molecular weight is 330 g/mol. The molecular weight excluding hydrogens is 315 g/mol. The van der Waals surface area contributed by atoms with Crippen molar-refractivity contribution >= 4 is 27.5 Å². The van der Waals surface area contributed by atoms with Crippen LogP contribution in [0.15, 0.2) is 47.5 Å². The van der Waals surface area contributed by atoms with Gasteiger partial charge in [0.25, 0.3) is 5.91 Å². The van der Waals surface area contributed by atoms with Crippen LogP contribution in [0.25, 0.3) is 10.2 Å². The molecule has 3 rings (SSSR count). The molecule has 0 atom stereocenters. The second-order valence-electron chi connectivity index (χ2n) is 4.86. The number of aryl methyl sites for hydroxylation is 1. The smallest absolute Gasteiger partial charge is 0.279 e. The number of aromatic nitrogens is 1. The molecule has 0 bridgehead atoms. The maximum absolute atomic E-state index is 14.0. The van der Waals surface area contributed by atoms with Crippen molar-refractivity contribution in [3.63, 3.8) is 0 Å². The van der Waals surface area contributed by atoms with E-state index in [2.05, 4.69) is 4.99 Å². The monoisotopic (exact) mass is 330 g/mol. The van der Waals surface area contributed by atoms with Crippen LogP contribution >= 0.6 is 11.3 Å². The topological polar surface area (TPSA) is 43.6 Å². The van der Waals surface area contributed by atoms with Crippen molar-refractivity contribution < 1.29 is 13.9 Å². The van der Waals surface area contributed by atoms with Gasteiger partial charge < -0.3 is 9.30 Å². The molecule has 4 nitrogen and oxygen atoms in total. The number of carbonyl (C=O) groups is 1. The van der Waals surface area contributed by atoms with Gasteiger partial charge in [-0.1, -0.05) is 23.5 Å². The first kappa shape index (κ1) is 15.4. The van der Waals surface area contributed by atoms with Gasteiger partial charge in [-0.25, -0.2) is 4.39 Å². The largest absolute Gasteiger partial charge is 0.497 e. The third kappa shape index (κ3) is 2.90. The zero-order chi connectivity index (χ0) is 16.4. The van der Waals surface area contributed by atoms with Crippen LogP contribution in [0, 0.1) is 5.82 Å². The van der Waals surface area contributed by atoms with E-state index in [-0.39, 0.29) is 11.7 Å². The Kier molecular flexibility index (Phi) is 4.25. The Bertz CT molecular complexity index is 943. The Morgan fingerprint density at radius 3 is 2.83 bits per heavy atom. The quantitative estimate of drug-likeness (QED) is 0.736. The fraction of sp³-hybridized carbons (Fsp3) is 0.176. The summed E-state index contributed by atoms with van der Waals surface area (Å²) in [5.41, 5.74) is 0.919. The lowest BCUT2D eigenvalue weighted by atomic mass is 10.2. The van der Waals surface area contributed by atoms with Crippen LogP contribution in [-0.4, -0.2) is 17.6 Å². The van der Waals surface area contributed by atoms with Crippen molar-refractivity contribution in [2.45, 2.75) is 13.5 Å². The molecule has 0 unspecified atom stereocenters. The van der Waals surface area contributed by atoms with E-state index in [1.54, 1.807) is 42.0 Å². The number of nitrogens with zero attached hydrogens (tertiary/aromatic N) is 2. The maximum atomic E-state index is 14.0. The van der Waals surface area contributed by atoms with Crippen molar-refractivity contribution in [1.29, 1.82) is 0 Å². The van der Waals surface area contributed by atoms with Gasteiger partial charge in [-0.3, -0.25) is 4.79 Å². The van der Waals surface area contributed by atoms with Gasteiger partial charge in [0.2, 0.25) is 0 Å². The standard InChI is InChI=1S/C17H15FN2O2S/c1-3-20-15-13(18)8-5-9-14(15)23-17(20)19-16(21)11-6-4-7-12(10-11)22-2/h4-10H,3H2,1-2H3. The predicted octanol–water partition coefficient (Wildman–Crippen LogP) is 3.61. The highest BCUT2D eigenvalue weighted by molar-refractivity contribution is 7.16. The first-order valence-electron chi connectivity index (χ1n) is 7.15. The summed E-state index contributed by atoms with van der Waals surface area (Å²) in [6, 6.07) is 11.7. The Labute approximate surface area is 136 Å². The minimum atomic E-state index is -0.377.